The molecule has 0 bridgehead atoms. The predicted octanol–water partition coefficient (Wildman–Crippen LogP) is 2.11. The van der Waals surface area contributed by atoms with Gasteiger partial charge in [-0.25, -0.2) is 5.26 Å². The van der Waals surface area contributed by atoms with Gasteiger partial charge in [0.1, 0.15) is 0 Å². The number of ether oxygens (including phenoxy) is 2. The van der Waals surface area contributed by atoms with Crippen molar-refractivity contribution in [3.63, 3.8) is 0 Å². The molecule has 98 valence electrons. The molecular formula is C12H24BNO3. The molecule has 0 aromatic rings. The fourth-order valence-electron chi connectivity index (χ4n) is 1.70. The first-order valence-electron chi connectivity index (χ1n) is 6.07. The van der Waals surface area contributed by atoms with E-state index in [1.165, 1.54) is 0 Å². The summed E-state index contributed by atoms with van der Waals surface area (Å²) >= 11 is 0. The van der Waals surface area contributed by atoms with E-state index in [-0.39, 0.29) is 25.0 Å². The van der Waals surface area contributed by atoms with E-state index in [1.54, 1.807) is 7.11 Å². The molecule has 0 unspecified atom stereocenters. The highest BCUT2D eigenvalue weighted by molar-refractivity contribution is 6.69. The largest absolute Gasteiger partial charge is 0.397 e. The minimum Gasteiger partial charge on any atom is -0.397 e. The third kappa shape index (κ3) is 6.06. The number of rotatable bonds is 8. The molecule has 0 saturated carbocycles. The molecule has 0 aromatic heterocycles. The fourth-order valence-corrected chi connectivity index (χ4v) is 1.70. The Morgan fingerprint density at radius 2 is 2.00 bits per heavy atom. The SMILES string of the molecule is COC(C)(C)OCC[C@@H](CO)B(C#N)C(C)C. The zero-order valence-electron chi connectivity index (χ0n) is 11.6. The third-order valence-corrected chi connectivity index (χ3v) is 3.04. The average Bonchev–Trinajstić information content (AvgIpc) is 2.27. The molecule has 1 atom stereocenters. The molecule has 0 aromatic carbocycles. The summed E-state index contributed by atoms with van der Waals surface area (Å²) < 4.78 is 10.7. The summed E-state index contributed by atoms with van der Waals surface area (Å²) in [5.41, 5.74) is 0. The third-order valence-electron chi connectivity index (χ3n) is 3.04. The van der Waals surface area contributed by atoms with Gasteiger partial charge in [0.25, 0.3) is 6.71 Å². The quantitative estimate of drug-likeness (QED) is 0.522. The Labute approximate surface area is 105 Å². The zero-order valence-corrected chi connectivity index (χ0v) is 11.6. The van der Waals surface area contributed by atoms with Gasteiger partial charge in [0.15, 0.2) is 5.79 Å². The molecule has 0 rings (SSSR count). The average molecular weight is 241 g/mol. The molecule has 0 aliphatic heterocycles. The Morgan fingerprint density at radius 3 is 2.35 bits per heavy atom. The van der Waals surface area contributed by atoms with Crippen LogP contribution in [0.15, 0.2) is 0 Å². The first kappa shape index (κ1) is 16.4. The molecule has 0 amide bonds. The summed E-state index contributed by atoms with van der Waals surface area (Å²) in [7, 11) is 1.59. The van der Waals surface area contributed by atoms with Crippen LogP contribution >= 0.6 is 0 Å². The lowest BCUT2D eigenvalue weighted by atomic mass is 9.35. The second kappa shape index (κ2) is 7.70. The van der Waals surface area contributed by atoms with Gasteiger partial charge in [-0.1, -0.05) is 19.7 Å². The Bertz CT molecular complexity index is 251. The molecular weight excluding hydrogens is 217 g/mol. The lowest BCUT2D eigenvalue weighted by molar-refractivity contribution is -0.197. The molecule has 0 saturated heterocycles. The minimum absolute atomic E-state index is 0.0210. The summed E-state index contributed by atoms with van der Waals surface area (Å²) in [4.78, 5) is 0. The molecule has 0 heterocycles. The lowest BCUT2D eigenvalue weighted by Gasteiger charge is -2.25. The summed E-state index contributed by atoms with van der Waals surface area (Å²) in [5.74, 6) is 1.86. The van der Waals surface area contributed by atoms with Gasteiger partial charge in [-0.15, -0.1) is 0 Å². The van der Waals surface area contributed by atoms with Crippen LogP contribution in [-0.2, 0) is 9.47 Å². The highest BCUT2D eigenvalue weighted by Crippen LogP contribution is 2.24. The predicted molar refractivity (Wildman–Crippen MR) is 69.0 cm³/mol. The normalized spacial score (nSPS) is 13.5. The topological polar surface area (TPSA) is 62.5 Å². The molecule has 0 fully saturated rings. The van der Waals surface area contributed by atoms with Gasteiger partial charge in [0.05, 0.1) is 0 Å². The molecule has 0 spiro atoms. The molecule has 17 heavy (non-hydrogen) atoms. The van der Waals surface area contributed by atoms with Gasteiger partial charge in [0, 0.05) is 26.3 Å². The molecule has 0 aliphatic rings. The number of nitriles is 1. The van der Waals surface area contributed by atoms with E-state index in [4.69, 9.17) is 14.7 Å². The Balaban J connectivity index is 4.20. The van der Waals surface area contributed by atoms with E-state index in [0.717, 1.165) is 0 Å². The number of hydrogen-bond donors (Lipinski definition) is 1. The standard InChI is InChI=1S/C12H24BNO3/c1-10(2)13(9-14)11(8-15)6-7-17-12(3,4)16-5/h10-11,15H,6-8H2,1-5H3/t11-/m0/s1. The maximum atomic E-state index is 9.33. The van der Waals surface area contributed by atoms with E-state index in [0.29, 0.717) is 13.0 Å². The van der Waals surface area contributed by atoms with Crippen LogP contribution in [0.4, 0.5) is 0 Å². The van der Waals surface area contributed by atoms with Gasteiger partial charge in [-0.05, 0) is 26.1 Å². The van der Waals surface area contributed by atoms with Gasteiger partial charge < -0.3 is 14.6 Å². The lowest BCUT2D eigenvalue weighted by Crippen LogP contribution is -2.30. The molecule has 0 radical (unpaired) electrons. The summed E-state index contributed by atoms with van der Waals surface area (Å²) in [6.07, 6.45) is 0.666. The molecule has 0 aliphatic carbocycles. The van der Waals surface area contributed by atoms with Crippen molar-refractivity contribution in [3.05, 3.63) is 0 Å². The number of nitrogens with zero attached hydrogens (tertiary/aromatic N) is 1. The first-order valence-corrected chi connectivity index (χ1v) is 6.07. The molecule has 5 heteroatoms. The van der Waals surface area contributed by atoms with E-state index < -0.39 is 5.79 Å². The van der Waals surface area contributed by atoms with Gasteiger partial charge >= 0.3 is 0 Å². The van der Waals surface area contributed by atoms with Crippen molar-refractivity contribution in [2.75, 3.05) is 20.3 Å². The van der Waals surface area contributed by atoms with Crippen LogP contribution < -0.4 is 0 Å². The number of methoxy groups -OCH3 is 1. The number of aliphatic hydroxyl groups excluding tert-OH is 1. The van der Waals surface area contributed by atoms with E-state index in [2.05, 4.69) is 5.97 Å². The Hall–Kier alpha value is -0.565. The van der Waals surface area contributed by atoms with Crippen molar-refractivity contribution in [3.8, 4) is 5.97 Å². The van der Waals surface area contributed by atoms with Crippen molar-refractivity contribution < 1.29 is 14.6 Å². The van der Waals surface area contributed by atoms with Crippen molar-refractivity contribution in [1.82, 2.24) is 0 Å². The van der Waals surface area contributed by atoms with Gasteiger partial charge in [0.2, 0.25) is 0 Å². The Kier molecular flexibility index (Phi) is 7.45. The maximum Gasteiger partial charge on any atom is 0.275 e. The van der Waals surface area contributed by atoms with Crippen LogP contribution in [0, 0.1) is 11.2 Å². The van der Waals surface area contributed by atoms with Crippen molar-refractivity contribution in [1.29, 1.82) is 5.26 Å². The minimum atomic E-state index is -0.611. The highest BCUT2D eigenvalue weighted by Gasteiger charge is 2.29. The van der Waals surface area contributed by atoms with Crippen LogP contribution in [0.3, 0.4) is 0 Å². The van der Waals surface area contributed by atoms with Gasteiger partial charge in [-0.2, -0.15) is 0 Å². The fraction of sp³-hybridized carbons (Fsp3) is 0.917. The summed E-state index contributed by atoms with van der Waals surface area (Å²) in [6.45, 7) is 8.04. The van der Waals surface area contributed by atoms with Crippen molar-refractivity contribution in [2.45, 2.75) is 51.5 Å². The second-order valence-electron chi connectivity index (χ2n) is 5.08. The monoisotopic (exact) mass is 241 g/mol. The first-order chi connectivity index (χ1) is 7.87. The van der Waals surface area contributed by atoms with Crippen LogP contribution in [-0.4, -0.2) is 37.9 Å². The zero-order chi connectivity index (χ0) is 13.5. The van der Waals surface area contributed by atoms with E-state index in [1.807, 2.05) is 27.7 Å². The van der Waals surface area contributed by atoms with E-state index >= 15 is 0 Å². The highest BCUT2D eigenvalue weighted by atomic mass is 16.7. The summed E-state index contributed by atoms with van der Waals surface area (Å²) in [6, 6.07) is 0. The van der Waals surface area contributed by atoms with E-state index in [9.17, 15) is 5.11 Å². The maximum absolute atomic E-state index is 9.33. The molecule has 4 nitrogen and oxygen atoms in total. The van der Waals surface area contributed by atoms with Crippen LogP contribution in [0.25, 0.3) is 0 Å². The van der Waals surface area contributed by atoms with Crippen LogP contribution in [0.1, 0.15) is 34.1 Å². The molecule has 1 N–H and O–H groups in total. The second-order valence-corrected chi connectivity index (χ2v) is 5.08. The van der Waals surface area contributed by atoms with Crippen molar-refractivity contribution >= 4 is 6.71 Å². The van der Waals surface area contributed by atoms with Crippen LogP contribution in [0.5, 0.6) is 0 Å². The smallest absolute Gasteiger partial charge is 0.275 e. The Morgan fingerprint density at radius 1 is 1.41 bits per heavy atom. The van der Waals surface area contributed by atoms with Gasteiger partial charge in [-0.3, -0.25) is 0 Å². The van der Waals surface area contributed by atoms with Crippen LogP contribution in [0.2, 0.25) is 11.6 Å². The number of hydrogen-bond acceptors (Lipinski definition) is 4. The summed E-state index contributed by atoms with van der Waals surface area (Å²) in [5, 5.41) is 18.4. The number of aliphatic hydroxyl groups is 1. The van der Waals surface area contributed by atoms with Crippen molar-refractivity contribution in [2.24, 2.45) is 0 Å².